The second-order valence-corrected chi connectivity index (χ2v) is 7.58. The summed E-state index contributed by atoms with van der Waals surface area (Å²) < 4.78 is 25.2. The van der Waals surface area contributed by atoms with Crippen molar-refractivity contribution in [3.63, 3.8) is 0 Å². The summed E-state index contributed by atoms with van der Waals surface area (Å²) in [7, 11) is -3.42. The van der Waals surface area contributed by atoms with Gasteiger partial charge in [0, 0.05) is 6.54 Å². The molecule has 6 nitrogen and oxygen atoms in total. The number of carbonyl (C=O) groups is 1. The second-order valence-electron chi connectivity index (χ2n) is 5.83. The number of benzene rings is 1. The van der Waals surface area contributed by atoms with Crippen LogP contribution in [0.5, 0.6) is 0 Å². The van der Waals surface area contributed by atoms with Crippen molar-refractivity contribution in [1.82, 2.24) is 10.6 Å². The Morgan fingerprint density at radius 2 is 2.18 bits per heavy atom. The molecule has 0 spiro atoms. The average Bonchev–Trinajstić information content (AvgIpc) is 2.92. The molecule has 0 radical (unpaired) electrons. The Kier molecular flexibility index (Phi) is 5.42. The first-order valence-corrected chi connectivity index (χ1v) is 9.31. The molecular weight excluding hydrogens is 302 g/mol. The number of carbonyl (C=O) groups excluding carboxylic acids is 1. The lowest BCUT2D eigenvalue weighted by Crippen LogP contribution is -2.27. The number of anilines is 1. The van der Waals surface area contributed by atoms with Gasteiger partial charge in [0.05, 0.1) is 17.5 Å². The molecule has 0 bridgehead atoms. The van der Waals surface area contributed by atoms with Gasteiger partial charge >= 0.3 is 0 Å². The van der Waals surface area contributed by atoms with Crippen LogP contribution in [0.3, 0.4) is 0 Å². The molecule has 1 saturated heterocycles. The van der Waals surface area contributed by atoms with E-state index in [1.54, 1.807) is 18.2 Å². The van der Waals surface area contributed by atoms with Crippen LogP contribution >= 0.6 is 0 Å². The fourth-order valence-corrected chi connectivity index (χ4v) is 3.16. The van der Waals surface area contributed by atoms with Crippen LogP contribution in [0, 0.1) is 12.8 Å². The average molecular weight is 325 g/mol. The minimum Gasteiger partial charge on any atom is -0.352 e. The molecule has 1 unspecified atom stereocenters. The fourth-order valence-electron chi connectivity index (χ4n) is 2.58. The lowest BCUT2D eigenvalue weighted by molar-refractivity contribution is 0.0952. The number of rotatable bonds is 6. The van der Waals surface area contributed by atoms with E-state index in [0.717, 1.165) is 37.8 Å². The Balaban J connectivity index is 2.02. The fraction of sp³-hybridized carbons (Fsp3) is 0.533. The maximum Gasteiger partial charge on any atom is 0.253 e. The van der Waals surface area contributed by atoms with E-state index in [2.05, 4.69) is 15.4 Å². The zero-order valence-electron chi connectivity index (χ0n) is 13.0. The normalized spacial score (nSPS) is 18.2. The van der Waals surface area contributed by atoms with Gasteiger partial charge in [-0.3, -0.25) is 9.52 Å². The van der Waals surface area contributed by atoms with Crippen molar-refractivity contribution in [3.05, 3.63) is 29.3 Å². The summed E-state index contributed by atoms with van der Waals surface area (Å²) >= 11 is 0. The summed E-state index contributed by atoms with van der Waals surface area (Å²) in [6.07, 6.45) is 3.14. The molecule has 0 aromatic heterocycles. The van der Waals surface area contributed by atoms with Crippen molar-refractivity contribution < 1.29 is 13.2 Å². The third-order valence-electron chi connectivity index (χ3n) is 3.72. The van der Waals surface area contributed by atoms with Gasteiger partial charge in [0.15, 0.2) is 0 Å². The van der Waals surface area contributed by atoms with E-state index in [1.165, 1.54) is 0 Å². The molecule has 1 heterocycles. The van der Waals surface area contributed by atoms with E-state index in [0.29, 0.717) is 23.7 Å². The van der Waals surface area contributed by atoms with E-state index < -0.39 is 10.0 Å². The summed E-state index contributed by atoms with van der Waals surface area (Å²) in [6.45, 7) is 4.50. The van der Waals surface area contributed by atoms with Crippen molar-refractivity contribution in [2.75, 3.05) is 30.6 Å². The molecule has 2 rings (SSSR count). The first-order valence-electron chi connectivity index (χ1n) is 7.42. The van der Waals surface area contributed by atoms with Crippen molar-refractivity contribution in [1.29, 1.82) is 0 Å². The molecule has 1 aliphatic rings. The Morgan fingerprint density at radius 3 is 2.82 bits per heavy atom. The van der Waals surface area contributed by atoms with Crippen molar-refractivity contribution in [3.8, 4) is 0 Å². The molecule has 0 aliphatic carbocycles. The van der Waals surface area contributed by atoms with Crippen LogP contribution < -0.4 is 15.4 Å². The second kappa shape index (κ2) is 7.11. The maximum atomic E-state index is 12.3. The van der Waals surface area contributed by atoms with Gasteiger partial charge in [-0.15, -0.1) is 0 Å². The van der Waals surface area contributed by atoms with Crippen LogP contribution in [0.15, 0.2) is 18.2 Å². The molecule has 7 heteroatoms. The molecule has 22 heavy (non-hydrogen) atoms. The molecule has 3 N–H and O–H groups in total. The number of hydrogen-bond donors (Lipinski definition) is 3. The Labute approximate surface area is 131 Å². The molecule has 122 valence electrons. The highest BCUT2D eigenvalue weighted by atomic mass is 32.2. The highest BCUT2D eigenvalue weighted by Crippen LogP contribution is 2.19. The first kappa shape index (κ1) is 16.8. The van der Waals surface area contributed by atoms with E-state index in [-0.39, 0.29) is 5.91 Å². The van der Waals surface area contributed by atoms with Gasteiger partial charge in [0.25, 0.3) is 5.91 Å². The highest BCUT2D eigenvalue weighted by molar-refractivity contribution is 7.92. The van der Waals surface area contributed by atoms with Crippen LogP contribution in [-0.4, -0.2) is 40.2 Å². The molecule has 1 amide bonds. The number of sulfonamides is 1. The topological polar surface area (TPSA) is 87.3 Å². The number of amides is 1. The van der Waals surface area contributed by atoms with E-state index in [4.69, 9.17) is 0 Å². The first-order chi connectivity index (χ1) is 10.3. The molecule has 1 fully saturated rings. The van der Waals surface area contributed by atoms with Gasteiger partial charge in [-0.25, -0.2) is 8.42 Å². The SMILES string of the molecule is Cc1ccc(NS(C)(=O)=O)c(C(=O)NCCC2CCNC2)c1. The van der Waals surface area contributed by atoms with Gasteiger partial charge in [-0.2, -0.15) is 0 Å². The minimum atomic E-state index is -3.42. The third-order valence-corrected chi connectivity index (χ3v) is 4.31. The van der Waals surface area contributed by atoms with Crippen LogP contribution in [0.4, 0.5) is 5.69 Å². The number of hydrogen-bond acceptors (Lipinski definition) is 4. The highest BCUT2D eigenvalue weighted by Gasteiger charge is 2.17. The monoisotopic (exact) mass is 325 g/mol. The smallest absolute Gasteiger partial charge is 0.253 e. The third kappa shape index (κ3) is 4.99. The summed E-state index contributed by atoms with van der Waals surface area (Å²) in [5.41, 5.74) is 1.58. The van der Waals surface area contributed by atoms with Crippen LogP contribution in [-0.2, 0) is 10.0 Å². The zero-order valence-corrected chi connectivity index (χ0v) is 13.8. The number of aryl methyl sites for hydroxylation is 1. The summed E-state index contributed by atoms with van der Waals surface area (Å²) in [5, 5.41) is 6.17. The van der Waals surface area contributed by atoms with Crippen molar-refractivity contribution in [2.45, 2.75) is 19.8 Å². The Bertz CT molecular complexity index is 637. The summed E-state index contributed by atoms with van der Waals surface area (Å²) in [5.74, 6) is 0.354. The van der Waals surface area contributed by atoms with Gasteiger partial charge in [-0.05, 0) is 50.9 Å². The lowest BCUT2D eigenvalue weighted by atomic mass is 10.0. The molecule has 1 atom stereocenters. The molecule has 1 aliphatic heterocycles. The quantitative estimate of drug-likeness (QED) is 0.731. The van der Waals surface area contributed by atoms with Crippen LogP contribution in [0.2, 0.25) is 0 Å². The van der Waals surface area contributed by atoms with Crippen LogP contribution in [0.1, 0.15) is 28.8 Å². The van der Waals surface area contributed by atoms with E-state index in [9.17, 15) is 13.2 Å². The molecule has 1 aromatic carbocycles. The predicted octanol–water partition coefficient (Wildman–Crippen LogP) is 1.10. The Morgan fingerprint density at radius 1 is 1.41 bits per heavy atom. The summed E-state index contributed by atoms with van der Waals surface area (Å²) in [6, 6.07) is 5.08. The zero-order chi connectivity index (χ0) is 16.2. The standard InChI is InChI=1S/C15H23N3O3S/c1-11-3-4-14(18-22(2,20)21)13(9-11)15(19)17-8-6-12-5-7-16-10-12/h3-4,9,12,16,18H,5-8,10H2,1-2H3,(H,17,19). The number of nitrogens with one attached hydrogen (secondary N) is 3. The largest absolute Gasteiger partial charge is 0.352 e. The van der Waals surface area contributed by atoms with Gasteiger partial charge in [0.1, 0.15) is 0 Å². The maximum absolute atomic E-state index is 12.3. The van der Waals surface area contributed by atoms with E-state index in [1.807, 2.05) is 6.92 Å². The van der Waals surface area contributed by atoms with Gasteiger partial charge in [-0.1, -0.05) is 11.6 Å². The van der Waals surface area contributed by atoms with E-state index >= 15 is 0 Å². The minimum absolute atomic E-state index is 0.249. The van der Waals surface area contributed by atoms with Crippen molar-refractivity contribution >= 4 is 21.6 Å². The lowest BCUT2D eigenvalue weighted by Gasteiger charge is -2.13. The van der Waals surface area contributed by atoms with Crippen LogP contribution in [0.25, 0.3) is 0 Å². The molecule has 0 saturated carbocycles. The summed E-state index contributed by atoms with van der Waals surface area (Å²) in [4.78, 5) is 12.3. The molecule has 1 aromatic rings. The Hall–Kier alpha value is -1.60. The predicted molar refractivity (Wildman–Crippen MR) is 87.6 cm³/mol. The van der Waals surface area contributed by atoms with Gasteiger partial charge in [0.2, 0.25) is 10.0 Å². The molecular formula is C15H23N3O3S. The van der Waals surface area contributed by atoms with Crippen molar-refractivity contribution in [2.24, 2.45) is 5.92 Å². The van der Waals surface area contributed by atoms with Gasteiger partial charge < -0.3 is 10.6 Å².